The summed E-state index contributed by atoms with van der Waals surface area (Å²) in [5, 5.41) is 2.84. The van der Waals surface area contributed by atoms with Gasteiger partial charge in [0.05, 0.1) is 0 Å². The van der Waals surface area contributed by atoms with E-state index in [1.807, 2.05) is 0 Å². The zero-order chi connectivity index (χ0) is 12.5. The Morgan fingerprint density at radius 3 is 3.17 bits per heavy atom. The van der Waals surface area contributed by atoms with Gasteiger partial charge in [0.15, 0.2) is 11.5 Å². The third-order valence-corrected chi connectivity index (χ3v) is 2.98. The van der Waals surface area contributed by atoms with Gasteiger partial charge < -0.3 is 14.5 Å². The van der Waals surface area contributed by atoms with E-state index in [1.54, 1.807) is 25.1 Å². The van der Waals surface area contributed by atoms with Crippen LogP contribution in [0.25, 0.3) is 11.1 Å². The molecule has 0 saturated carbocycles. The van der Waals surface area contributed by atoms with Crippen LogP contribution in [0.2, 0.25) is 0 Å². The van der Waals surface area contributed by atoms with Crippen molar-refractivity contribution >= 4 is 22.7 Å². The Morgan fingerprint density at radius 1 is 1.50 bits per heavy atom. The van der Waals surface area contributed by atoms with Crippen LogP contribution in [0, 0.1) is 6.92 Å². The van der Waals surface area contributed by atoms with Gasteiger partial charge in [0.25, 0.3) is 5.91 Å². The molecule has 5 nitrogen and oxygen atoms in total. The highest BCUT2D eigenvalue weighted by Gasteiger charge is 2.23. The normalized spacial score (nSPS) is 19.3. The van der Waals surface area contributed by atoms with Crippen LogP contribution in [0.3, 0.4) is 0 Å². The van der Waals surface area contributed by atoms with Crippen molar-refractivity contribution in [2.24, 2.45) is 0 Å². The predicted octanol–water partition coefficient (Wildman–Crippen LogP) is 2.25. The number of rotatable bonds is 2. The molecule has 1 aromatic carbocycles. The molecule has 2 aromatic rings. The van der Waals surface area contributed by atoms with E-state index in [1.165, 1.54) is 0 Å². The summed E-state index contributed by atoms with van der Waals surface area (Å²) in [6, 6.07) is 5.42. The fourth-order valence-electron chi connectivity index (χ4n) is 2.13. The highest BCUT2D eigenvalue weighted by molar-refractivity contribution is 5.95. The number of amides is 1. The minimum atomic E-state index is -0.320. The number of oxazole rings is 1. The Morgan fingerprint density at radius 2 is 2.39 bits per heavy atom. The third-order valence-electron chi connectivity index (χ3n) is 2.98. The van der Waals surface area contributed by atoms with E-state index >= 15 is 0 Å². The van der Waals surface area contributed by atoms with Gasteiger partial charge in [0, 0.05) is 19.2 Å². The van der Waals surface area contributed by atoms with Crippen molar-refractivity contribution < 1.29 is 13.9 Å². The number of carbonyl (C=O) groups excluding carboxylic acids is 1. The van der Waals surface area contributed by atoms with Crippen LogP contribution in [0.15, 0.2) is 22.6 Å². The second kappa shape index (κ2) is 4.42. The van der Waals surface area contributed by atoms with Crippen LogP contribution in [-0.2, 0) is 9.53 Å². The number of benzene rings is 1. The lowest BCUT2D eigenvalue weighted by molar-refractivity contribution is -0.124. The van der Waals surface area contributed by atoms with Gasteiger partial charge in [-0.05, 0) is 31.0 Å². The SMILES string of the molecule is Cc1nc2cc(NC(=O)C3CCCO3)ccc2o1. The molecule has 3 rings (SSSR count). The Balaban J connectivity index is 1.79. The summed E-state index contributed by atoms with van der Waals surface area (Å²) in [6.45, 7) is 2.46. The van der Waals surface area contributed by atoms with E-state index in [2.05, 4.69) is 10.3 Å². The van der Waals surface area contributed by atoms with Crippen LogP contribution < -0.4 is 5.32 Å². The third kappa shape index (κ3) is 2.09. The number of nitrogens with one attached hydrogen (secondary N) is 1. The number of hydrogen-bond donors (Lipinski definition) is 1. The standard InChI is InChI=1S/C13H14N2O3/c1-8-14-10-7-9(4-5-11(10)18-8)15-13(16)12-3-2-6-17-12/h4-5,7,12H,2-3,6H2,1H3,(H,15,16). The van der Waals surface area contributed by atoms with Crippen LogP contribution in [0.1, 0.15) is 18.7 Å². The first-order chi connectivity index (χ1) is 8.72. The van der Waals surface area contributed by atoms with Crippen molar-refractivity contribution in [1.82, 2.24) is 4.98 Å². The zero-order valence-electron chi connectivity index (χ0n) is 10.1. The molecule has 18 heavy (non-hydrogen) atoms. The summed E-state index contributed by atoms with van der Waals surface area (Å²) in [6.07, 6.45) is 1.41. The van der Waals surface area contributed by atoms with Crippen LogP contribution in [-0.4, -0.2) is 23.6 Å². The van der Waals surface area contributed by atoms with Gasteiger partial charge in [-0.25, -0.2) is 4.98 Å². The first-order valence-corrected chi connectivity index (χ1v) is 6.02. The largest absolute Gasteiger partial charge is 0.441 e. The molecule has 0 radical (unpaired) electrons. The number of aryl methyl sites for hydroxylation is 1. The fourth-order valence-corrected chi connectivity index (χ4v) is 2.13. The predicted molar refractivity (Wildman–Crippen MR) is 66.3 cm³/mol. The summed E-state index contributed by atoms with van der Waals surface area (Å²) in [4.78, 5) is 16.1. The minimum Gasteiger partial charge on any atom is -0.441 e. The van der Waals surface area contributed by atoms with Gasteiger partial charge in [0.2, 0.25) is 0 Å². The van der Waals surface area contributed by atoms with E-state index in [4.69, 9.17) is 9.15 Å². The Labute approximate surface area is 104 Å². The van der Waals surface area contributed by atoms with Crippen molar-refractivity contribution in [2.45, 2.75) is 25.9 Å². The molecule has 1 aliphatic heterocycles. The Bertz CT molecular complexity index is 585. The van der Waals surface area contributed by atoms with Crippen LogP contribution in [0.4, 0.5) is 5.69 Å². The number of aromatic nitrogens is 1. The molecule has 1 fully saturated rings. The van der Waals surface area contributed by atoms with Gasteiger partial charge in [-0.3, -0.25) is 4.79 Å². The molecule has 0 bridgehead atoms. The molecule has 1 saturated heterocycles. The maximum Gasteiger partial charge on any atom is 0.253 e. The topological polar surface area (TPSA) is 64.4 Å². The quantitative estimate of drug-likeness (QED) is 0.882. The molecule has 1 aliphatic rings. The van der Waals surface area contributed by atoms with E-state index in [-0.39, 0.29) is 12.0 Å². The van der Waals surface area contributed by atoms with Crippen LogP contribution >= 0.6 is 0 Å². The lowest BCUT2D eigenvalue weighted by atomic mass is 10.2. The fraction of sp³-hybridized carbons (Fsp3) is 0.385. The zero-order valence-corrected chi connectivity index (χ0v) is 10.1. The molecular weight excluding hydrogens is 232 g/mol. The maximum atomic E-state index is 11.9. The number of ether oxygens (including phenoxy) is 1. The van der Waals surface area contributed by atoms with E-state index in [9.17, 15) is 4.79 Å². The lowest BCUT2D eigenvalue weighted by Crippen LogP contribution is -2.26. The molecule has 5 heteroatoms. The highest BCUT2D eigenvalue weighted by Crippen LogP contribution is 2.21. The molecule has 94 valence electrons. The monoisotopic (exact) mass is 246 g/mol. The smallest absolute Gasteiger partial charge is 0.253 e. The van der Waals surface area contributed by atoms with Gasteiger partial charge in [-0.1, -0.05) is 0 Å². The van der Waals surface area contributed by atoms with Crippen LogP contribution in [0.5, 0.6) is 0 Å². The summed E-state index contributed by atoms with van der Waals surface area (Å²) in [5.41, 5.74) is 2.19. The Kier molecular flexibility index (Phi) is 2.76. The molecule has 1 aromatic heterocycles. The summed E-state index contributed by atoms with van der Waals surface area (Å²) in [5.74, 6) is 0.527. The number of fused-ring (bicyclic) bond motifs is 1. The van der Waals surface area contributed by atoms with Crippen molar-refractivity contribution in [3.63, 3.8) is 0 Å². The molecule has 1 amide bonds. The van der Waals surface area contributed by atoms with E-state index in [0.29, 0.717) is 12.5 Å². The number of nitrogens with zero attached hydrogens (tertiary/aromatic N) is 1. The molecule has 2 heterocycles. The molecule has 1 unspecified atom stereocenters. The van der Waals surface area contributed by atoms with Crippen molar-refractivity contribution in [3.8, 4) is 0 Å². The van der Waals surface area contributed by atoms with Gasteiger partial charge in [-0.2, -0.15) is 0 Å². The number of anilines is 1. The number of carbonyl (C=O) groups is 1. The molecule has 1 N–H and O–H groups in total. The number of hydrogen-bond acceptors (Lipinski definition) is 4. The second-order valence-electron chi connectivity index (χ2n) is 4.41. The summed E-state index contributed by atoms with van der Waals surface area (Å²) < 4.78 is 10.7. The molecule has 1 atom stereocenters. The first-order valence-electron chi connectivity index (χ1n) is 6.02. The lowest BCUT2D eigenvalue weighted by Gasteiger charge is -2.09. The van der Waals surface area contributed by atoms with Crippen molar-refractivity contribution in [3.05, 3.63) is 24.1 Å². The highest BCUT2D eigenvalue weighted by atomic mass is 16.5. The summed E-state index contributed by atoms with van der Waals surface area (Å²) >= 11 is 0. The van der Waals surface area contributed by atoms with Gasteiger partial charge in [0.1, 0.15) is 11.6 Å². The minimum absolute atomic E-state index is 0.0907. The first kappa shape index (κ1) is 11.2. The second-order valence-corrected chi connectivity index (χ2v) is 4.41. The average molecular weight is 246 g/mol. The van der Waals surface area contributed by atoms with Gasteiger partial charge >= 0.3 is 0 Å². The van der Waals surface area contributed by atoms with Crippen molar-refractivity contribution in [2.75, 3.05) is 11.9 Å². The summed E-state index contributed by atoms with van der Waals surface area (Å²) in [7, 11) is 0. The molecule has 0 spiro atoms. The Hall–Kier alpha value is -1.88. The van der Waals surface area contributed by atoms with E-state index < -0.39 is 0 Å². The van der Waals surface area contributed by atoms with E-state index in [0.717, 1.165) is 29.6 Å². The molecular formula is C13H14N2O3. The van der Waals surface area contributed by atoms with Gasteiger partial charge in [-0.15, -0.1) is 0 Å². The van der Waals surface area contributed by atoms with Crippen molar-refractivity contribution in [1.29, 1.82) is 0 Å². The average Bonchev–Trinajstić information content (AvgIpc) is 2.95. The maximum absolute atomic E-state index is 11.9. The molecule has 0 aliphatic carbocycles.